The Morgan fingerprint density at radius 2 is 1.54 bits per heavy atom. The zero-order valence-corrected chi connectivity index (χ0v) is 27.7. The van der Waals surface area contributed by atoms with Crippen molar-refractivity contribution in [1.82, 2.24) is 41.9 Å². The van der Waals surface area contributed by atoms with Gasteiger partial charge in [-0.1, -0.05) is 85.8 Å². The van der Waals surface area contributed by atoms with Crippen molar-refractivity contribution < 1.29 is 43.3 Å². The Kier molecular flexibility index (Phi) is 15.0. The van der Waals surface area contributed by atoms with Crippen LogP contribution in [0.2, 0.25) is 0 Å². The van der Waals surface area contributed by atoms with Crippen LogP contribution in [0.4, 0.5) is 4.79 Å². The number of nitrogens with zero attached hydrogens (tertiary/aromatic N) is 3. The summed E-state index contributed by atoms with van der Waals surface area (Å²) in [6, 6.07) is 11.8. The minimum atomic E-state index is -1.61. The summed E-state index contributed by atoms with van der Waals surface area (Å²) < 4.78 is 10.1. The number of benzene rings is 2. The van der Waals surface area contributed by atoms with Crippen LogP contribution in [0.15, 0.2) is 72.8 Å². The zero-order valence-electron chi connectivity index (χ0n) is 27.7. The number of ether oxygens (including phenoxy) is 2. The van der Waals surface area contributed by atoms with Crippen molar-refractivity contribution in [2.45, 2.75) is 64.4 Å². The summed E-state index contributed by atoms with van der Waals surface area (Å²) in [6.45, 7) is 5.05. The average Bonchev–Trinajstić information content (AvgIpc) is 3.60. The summed E-state index contributed by atoms with van der Waals surface area (Å²) in [5.41, 5.74) is 0.983. The minimum absolute atomic E-state index is 0.0470. The van der Waals surface area contributed by atoms with E-state index in [-0.39, 0.29) is 25.5 Å². The van der Waals surface area contributed by atoms with Gasteiger partial charge in [-0.2, -0.15) is 5.21 Å². The maximum absolute atomic E-state index is 13.8. The smallest absolute Gasteiger partial charge is 0.408 e. The molecule has 2 aromatic carbocycles. The van der Waals surface area contributed by atoms with Gasteiger partial charge >= 0.3 is 18.0 Å². The van der Waals surface area contributed by atoms with Gasteiger partial charge in [-0.25, -0.2) is 9.59 Å². The second kappa shape index (κ2) is 19.6. The number of aromatic nitrogens is 4. The van der Waals surface area contributed by atoms with Crippen LogP contribution in [-0.4, -0.2) is 86.2 Å². The number of aliphatic carboxylic acids is 1. The highest BCUT2D eigenvalue weighted by Crippen LogP contribution is 2.16. The van der Waals surface area contributed by atoms with E-state index >= 15 is 0 Å². The number of hydrogen-bond acceptors (Lipinski definition) is 11. The van der Waals surface area contributed by atoms with E-state index in [0.29, 0.717) is 11.1 Å². The number of amides is 4. The van der Waals surface area contributed by atoms with E-state index in [1.165, 1.54) is 6.08 Å². The third-order valence-corrected chi connectivity index (χ3v) is 7.00. The number of carbonyl (C=O) groups is 6. The molecule has 0 aliphatic carbocycles. The summed E-state index contributed by atoms with van der Waals surface area (Å²) in [6.07, 6.45) is 0.745. The molecule has 3 aromatic rings. The molecule has 3 rings (SSSR count). The number of carbonyl (C=O) groups excluding carboxylic acids is 5. The number of aromatic amines is 1. The molecule has 1 aromatic heterocycles. The van der Waals surface area contributed by atoms with Crippen LogP contribution in [0.1, 0.15) is 50.2 Å². The quantitative estimate of drug-likeness (QED) is 0.0811. The second-order valence-corrected chi connectivity index (χ2v) is 11.2. The second-order valence-electron chi connectivity index (χ2n) is 11.2. The summed E-state index contributed by atoms with van der Waals surface area (Å²) >= 11 is 0. The van der Waals surface area contributed by atoms with Gasteiger partial charge in [-0.15, -0.1) is 10.2 Å². The number of rotatable bonds is 18. The minimum Gasteiger partial charge on any atom is -0.481 e. The van der Waals surface area contributed by atoms with E-state index in [4.69, 9.17) is 9.47 Å². The molecule has 0 aliphatic rings. The fraction of sp³-hybridized carbons (Fsp3) is 0.364. The molecule has 0 saturated heterocycles. The topological polar surface area (TPSA) is 244 Å². The van der Waals surface area contributed by atoms with Crippen LogP contribution < -0.4 is 21.3 Å². The van der Waals surface area contributed by atoms with Gasteiger partial charge in [0.15, 0.2) is 5.82 Å². The van der Waals surface area contributed by atoms with Crippen LogP contribution in [0.5, 0.6) is 0 Å². The van der Waals surface area contributed by atoms with Gasteiger partial charge < -0.3 is 35.8 Å². The van der Waals surface area contributed by atoms with E-state index in [0.717, 1.165) is 6.08 Å². The van der Waals surface area contributed by atoms with Crippen molar-refractivity contribution in [2.75, 3.05) is 6.61 Å². The molecule has 4 amide bonds. The molecular formula is C33H40N8O9. The van der Waals surface area contributed by atoms with E-state index in [9.17, 15) is 33.9 Å². The molecule has 0 aliphatic heterocycles. The first kappa shape index (κ1) is 38.3. The molecule has 50 heavy (non-hydrogen) atoms. The van der Waals surface area contributed by atoms with Crippen LogP contribution in [0, 0.1) is 5.92 Å². The van der Waals surface area contributed by atoms with Gasteiger partial charge in [-0.3, -0.25) is 19.2 Å². The maximum Gasteiger partial charge on any atom is 0.408 e. The fourth-order valence-corrected chi connectivity index (χ4v) is 4.54. The summed E-state index contributed by atoms with van der Waals surface area (Å²) in [5.74, 6) is -4.65. The predicted octanol–water partition coefficient (Wildman–Crippen LogP) is 1.11. The van der Waals surface area contributed by atoms with Crippen molar-refractivity contribution in [3.8, 4) is 0 Å². The molecule has 6 N–H and O–H groups in total. The molecule has 0 spiro atoms. The lowest BCUT2D eigenvalue weighted by Gasteiger charge is -2.27. The van der Waals surface area contributed by atoms with Gasteiger partial charge in [0.25, 0.3) is 0 Å². The molecule has 0 saturated carbocycles. The first-order valence-electron chi connectivity index (χ1n) is 15.7. The zero-order chi connectivity index (χ0) is 36.5. The highest BCUT2D eigenvalue weighted by Gasteiger charge is 2.33. The number of alkyl carbamates (subject to hydrolysis) is 1. The highest BCUT2D eigenvalue weighted by atomic mass is 16.5. The molecular weight excluding hydrogens is 652 g/mol. The summed E-state index contributed by atoms with van der Waals surface area (Å²) in [7, 11) is 0. The Morgan fingerprint density at radius 1 is 0.860 bits per heavy atom. The predicted molar refractivity (Wildman–Crippen MR) is 175 cm³/mol. The molecule has 17 nitrogen and oxygen atoms in total. The normalized spacial score (nSPS) is 13.4. The van der Waals surface area contributed by atoms with Crippen molar-refractivity contribution >= 4 is 35.8 Å². The Labute approximate surface area is 287 Å². The molecule has 4 atom stereocenters. The SMILES string of the molecule is CCOC(=O)/C=C/[C@H](Cc1nn[nH]n1)NC(=O)[C@@H](NC(=O)[C@@H](NC(=O)[C@H](CC(=O)O)NC(=O)OCc1ccccc1)c1ccccc1)C(C)C. The first-order valence-corrected chi connectivity index (χ1v) is 15.7. The van der Waals surface area contributed by atoms with Crippen molar-refractivity contribution in [1.29, 1.82) is 0 Å². The van der Waals surface area contributed by atoms with Crippen molar-refractivity contribution in [3.63, 3.8) is 0 Å². The first-order chi connectivity index (χ1) is 24.0. The van der Waals surface area contributed by atoms with Crippen molar-refractivity contribution in [3.05, 3.63) is 89.8 Å². The molecule has 0 fully saturated rings. The molecule has 0 bridgehead atoms. The molecule has 1 heterocycles. The van der Waals surface area contributed by atoms with Gasteiger partial charge in [-0.05, 0) is 24.0 Å². The number of esters is 1. The maximum atomic E-state index is 13.8. The van der Waals surface area contributed by atoms with Gasteiger partial charge in [0.1, 0.15) is 24.7 Å². The van der Waals surface area contributed by atoms with E-state index in [1.54, 1.807) is 81.4 Å². The number of nitrogens with one attached hydrogen (secondary N) is 5. The van der Waals surface area contributed by atoms with Crippen LogP contribution in [-0.2, 0) is 46.5 Å². The Morgan fingerprint density at radius 3 is 2.14 bits per heavy atom. The van der Waals surface area contributed by atoms with Gasteiger partial charge in [0.05, 0.1) is 19.1 Å². The number of tetrazole rings is 1. The lowest BCUT2D eigenvalue weighted by Crippen LogP contribution is -2.56. The monoisotopic (exact) mass is 692 g/mol. The standard InChI is InChI=1S/C33H40N8O9/c1-4-49-27(44)16-15-23(17-25-38-40-41-39-25)34-31(46)28(20(2)3)36-32(47)29(22-13-9-6-10-14-22)37-30(45)24(18-26(42)43)35-33(48)50-19-21-11-7-5-8-12-21/h5-16,20,23-24,28-29H,4,17-19H2,1-3H3,(H,34,46)(H,35,48)(H,36,47)(H,37,45)(H,42,43)(H,38,39,40,41)/b16-15+/t23-,24+,28+,29+/m1/s1. The molecule has 0 unspecified atom stereocenters. The average molecular weight is 693 g/mol. The number of H-pyrrole nitrogens is 1. The van der Waals surface area contributed by atoms with Crippen LogP contribution in [0.3, 0.4) is 0 Å². The Hall–Kier alpha value is -6.13. The number of hydrogen-bond donors (Lipinski definition) is 6. The van der Waals surface area contributed by atoms with E-state index in [2.05, 4.69) is 41.9 Å². The van der Waals surface area contributed by atoms with Gasteiger partial charge in [0.2, 0.25) is 17.7 Å². The van der Waals surface area contributed by atoms with Crippen molar-refractivity contribution in [2.24, 2.45) is 5.92 Å². The fourth-order valence-electron chi connectivity index (χ4n) is 4.54. The van der Waals surface area contributed by atoms with Crippen LogP contribution in [0.25, 0.3) is 0 Å². The largest absolute Gasteiger partial charge is 0.481 e. The molecule has 0 radical (unpaired) electrons. The molecule has 266 valence electrons. The van der Waals surface area contributed by atoms with Crippen LogP contribution >= 0.6 is 0 Å². The summed E-state index contributed by atoms with van der Waals surface area (Å²) in [4.78, 5) is 76.9. The lowest BCUT2D eigenvalue weighted by atomic mass is 10.00. The lowest BCUT2D eigenvalue weighted by molar-refractivity contribution is -0.140. The Bertz CT molecular complexity index is 1600. The van der Waals surface area contributed by atoms with E-state index < -0.39 is 72.3 Å². The number of carboxylic acids is 1. The van der Waals surface area contributed by atoms with Gasteiger partial charge in [0, 0.05) is 12.5 Å². The third kappa shape index (κ3) is 12.8. The molecule has 17 heteroatoms. The Balaban J connectivity index is 1.78. The highest BCUT2D eigenvalue weighted by molar-refractivity contribution is 5.95. The number of carboxylic acid groups (broad SMARTS) is 1. The van der Waals surface area contributed by atoms with E-state index in [1.807, 2.05) is 0 Å². The third-order valence-electron chi connectivity index (χ3n) is 7.00. The summed E-state index contributed by atoms with van der Waals surface area (Å²) in [5, 5.41) is 33.2.